The predicted octanol–water partition coefficient (Wildman–Crippen LogP) is 5.29. The molecule has 1 heterocycles. The van der Waals surface area contributed by atoms with Gasteiger partial charge in [-0.3, -0.25) is 4.79 Å². The SMILES string of the molecule is COc1ccc(Cl)cc1S(=O)(=O)CC(=O)NC/C(F)=C1/CCCc2cnn(-c3ccc4ccccc4c3)c21. The summed E-state index contributed by atoms with van der Waals surface area (Å²) in [6.45, 7) is -0.432. The van der Waals surface area contributed by atoms with Crippen LogP contribution in [0.4, 0.5) is 4.39 Å². The molecular formula is C28H25ClFN3O4S. The fourth-order valence-corrected chi connectivity index (χ4v) is 6.31. The Morgan fingerprint density at radius 1 is 1.11 bits per heavy atom. The number of carbonyl (C=O) groups is 1. The highest BCUT2D eigenvalue weighted by molar-refractivity contribution is 7.92. The van der Waals surface area contributed by atoms with Crippen molar-refractivity contribution < 1.29 is 22.3 Å². The molecule has 0 unspecified atom stereocenters. The molecule has 196 valence electrons. The van der Waals surface area contributed by atoms with Crippen LogP contribution < -0.4 is 10.1 Å². The number of aromatic nitrogens is 2. The summed E-state index contributed by atoms with van der Waals surface area (Å²) >= 11 is 5.94. The third-order valence-electron chi connectivity index (χ3n) is 6.53. The number of hydrogen-bond acceptors (Lipinski definition) is 5. The number of hydrogen-bond donors (Lipinski definition) is 1. The van der Waals surface area contributed by atoms with Gasteiger partial charge in [0.2, 0.25) is 5.91 Å². The zero-order valence-corrected chi connectivity index (χ0v) is 22.2. The highest BCUT2D eigenvalue weighted by Crippen LogP contribution is 2.35. The van der Waals surface area contributed by atoms with Gasteiger partial charge in [0.25, 0.3) is 0 Å². The van der Waals surface area contributed by atoms with Crippen molar-refractivity contribution in [1.82, 2.24) is 15.1 Å². The second kappa shape index (κ2) is 10.6. The van der Waals surface area contributed by atoms with Crippen LogP contribution in [0.2, 0.25) is 5.02 Å². The van der Waals surface area contributed by atoms with Gasteiger partial charge in [0.05, 0.1) is 31.2 Å². The molecule has 7 nitrogen and oxygen atoms in total. The maximum atomic E-state index is 15.5. The van der Waals surface area contributed by atoms with Crippen molar-refractivity contribution in [2.75, 3.05) is 19.4 Å². The summed E-state index contributed by atoms with van der Waals surface area (Å²) in [6.07, 6.45) is 3.74. The number of fused-ring (bicyclic) bond motifs is 2. The molecular weight excluding hydrogens is 529 g/mol. The van der Waals surface area contributed by atoms with E-state index in [0.29, 0.717) is 17.7 Å². The van der Waals surface area contributed by atoms with Gasteiger partial charge in [0, 0.05) is 10.6 Å². The number of ether oxygens (including phenoxy) is 1. The Morgan fingerprint density at radius 2 is 1.89 bits per heavy atom. The van der Waals surface area contributed by atoms with Gasteiger partial charge < -0.3 is 10.1 Å². The van der Waals surface area contributed by atoms with Crippen LogP contribution in [-0.2, 0) is 21.1 Å². The van der Waals surface area contributed by atoms with E-state index in [-0.39, 0.29) is 15.7 Å². The van der Waals surface area contributed by atoms with Crippen molar-refractivity contribution in [3.05, 3.63) is 89.0 Å². The van der Waals surface area contributed by atoms with Crippen LogP contribution in [-0.4, -0.2) is 43.5 Å². The Kier molecular flexibility index (Phi) is 7.23. The van der Waals surface area contributed by atoms with Gasteiger partial charge in [0.1, 0.15) is 22.2 Å². The molecule has 0 fully saturated rings. The standard InChI is InChI=1S/C28H25ClFN3O4S/c1-37-25-12-10-21(29)14-26(25)38(35,36)17-27(34)31-16-24(30)23-8-4-7-20-15-32-33(28(20)23)22-11-9-18-5-2-3-6-19(18)13-22/h2-3,5-6,9-15H,4,7-8,16-17H2,1H3,(H,31,34)/b24-23+. The molecule has 1 aliphatic rings. The maximum absolute atomic E-state index is 15.5. The van der Waals surface area contributed by atoms with E-state index in [0.717, 1.165) is 34.9 Å². The molecule has 0 saturated heterocycles. The van der Waals surface area contributed by atoms with E-state index >= 15 is 4.39 Å². The summed E-state index contributed by atoms with van der Waals surface area (Å²) in [5.74, 6) is -2.15. The molecule has 4 aromatic rings. The lowest BCUT2D eigenvalue weighted by atomic mass is 9.92. The number of halogens is 2. The van der Waals surface area contributed by atoms with Crippen molar-refractivity contribution in [3.8, 4) is 11.4 Å². The number of amides is 1. The third kappa shape index (κ3) is 5.16. The first-order valence-corrected chi connectivity index (χ1v) is 14.1. The first-order valence-electron chi connectivity index (χ1n) is 12.0. The molecule has 10 heteroatoms. The van der Waals surface area contributed by atoms with Gasteiger partial charge >= 0.3 is 0 Å². The minimum atomic E-state index is -4.07. The molecule has 0 bridgehead atoms. The Bertz CT molecular complexity index is 1680. The van der Waals surface area contributed by atoms with Gasteiger partial charge in [-0.2, -0.15) is 5.10 Å². The van der Waals surface area contributed by atoms with Crippen molar-refractivity contribution in [1.29, 1.82) is 0 Å². The summed E-state index contributed by atoms with van der Waals surface area (Å²) in [5, 5.41) is 9.27. The molecule has 1 aromatic heterocycles. The highest BCUT2D eigenvalue weighted by atomic mass is 35.5. The number of carbonyl (C=O) groups excluding carboxylic acids is 1. The Labute approximate surface area is 224 Å². The number of aryl methyl sites for hydroxylation is 1. The second-order valence-corrected chi connectivity index (χ2v) is 11.4. The van der Waals surface area contributed by atoms with E-state index in [1.165, 1.54) is 25.3 Å². The summed E-state index contributed by atoms with van der Waals surface area (Å²) < 4.78 is 48.0. The first kappa shape index (κ1) is 25.9. The maximum Gasteiger partial charge on any atom is 0.235 e. The fraction of sp³-hybridized carbons (Fsp3) is 0.214. The molecule has 0 radical (unpaired) electrons. The Hall–Kier alpha value is -3.69. The number of methoxy groups -OCH3 is 1. The number of rotatable bonds is 7. The zero-order valence-electron chi connectivity index (χ0n) is 20.6. The summed E-state index contributed by atoms with van der Waals surface area (Å²) in [4.78, 5) is 12.3. The molecule has 1 amide bonds. The van der Waals surface area contributed by atoms with Gasteiger partial charge in [-0.05, 0) is 65.9 Å². The van der Waals surface area contributed by atoms with Crippen molar-refractivity contribution in [2.45, 2.75) is 24.2 Å². The van der Waals surface area contributed by atoms with Crippen LogP contribution in [0.3, 0.4) is 0 Å². The Morgan fingerprint density at radius 3 is 2.68 bits per heavy atom. The summed E-state index contributed by atoms with van der Waals surface area (Å²) in [5.41, 5.74) is 2.87. The predicted molar refractivity (Wildman–Crippen MR) is 145 cm³/mol. The van der Waals surface area contributed by atoms with Crippen molar-refractivity contribution in [3.63, 3.8) is 0 Å². The fourth-order valence-electron chi connectivity index (χ4n) is 4.71. The second-order valence-electron chi connectivity index (χ2n) is 9.03. The smallest absolute Gasteiger partial charge is 0.235 e. The molecule has 0 spiro atoms. The van der Waals surface area contributed by atoms with E-state index < -0.39 is 33.9 Å². The van der Waals surface area contributed by atoms with E-state index in [9.17, 15) is 13.2 Å². The van der Waals surface area contributed by atoms with Crippen molar-refractivity contribution in [2.24, 2.45) is 0 Å². The molecule has 1 N–H and O–H groups in total. The lowest BCUT2D eigenvalue weighted by Crippen LogP contribution is -2.31. The molecule has 1 aliphatic carbocycles. The number of benzene rings is 3. The van der Waals surface area contributed by atoms with E-state index in [2.05, 4.69) is 10.4 Å². The van der Waals surface area contributed by atoms with Crippen LogP contribution in [0.5, 0.6) is 5.75 Å². The lowest BCUT2D eigenvalue weighted by Gasteiger charge is -2.19. The van der Waals surface area contributed by atoms with Crippen LogP contribution in [0, 0.1) is 0 Å². The van der Waals surface area contributed by atoms with E-state index in [1.54, 1.807) is 10.9 Å². The largest absolute Gasteiger partial charge is 0.495 e. The average Bonchev–Trinajstić information content (AvgIpc) is 3.35. The van der Waals surface area contributed by atoms with Crippen LogP contribution in [0.15, 0.2) is 77.6 Å². The number of nitrogens with one attached hydrogen (secondary N) is 1. The van der Waals surface area contributed by atoms with Gasteiger partial charge in [0.15, 0.2) is 9.84 Å². The van der Waals surface area contributed by atoms with Crippen LogP contribution in [0.25, 0.3) is 22.0 Å². The average molecular weight is 554 g/mol. The monoisotopic (exact) mass is 553 g/mol. The molecule has 3 aromatic carbocycles. The highest BCUT2D eigenvalue weighted by Gasteiger charge is 2.26. The molecule has 0 atom stereocenters. The lowest BCUT2D eigenvalue weighted by molar-refractivity contribution is -0.118. The third-order valence-corrected chi connectivity index (χ3v) is 8.40. The van der Waals surface area contributed by atoms with Gasteiger partial charge in [-0.25, -0.2) is 17.5 Å². The van der Waals surface area contributed by atoms with Gasteiger partial charge in [-0.15, -0.1) is 0 Å². The molecule has 38 heavy (non-hydrogen) atoms. The quantitative estimate of drug-likeness (QED) is 0.336. The zero-order chi connectivity index (χ0) is 26.9. The molecule has 5 rings (SSSR count). The summed E-state index contributed by atoms with van der Waals surface area (Å²) in [7, 11) is -2.75. The van der Waals surface area contributed by atoms with Gasteiger partial charge in [-0.1, -0.05) is 41.9 Å². The molecule has 0 aliphatic heterocycles. The van der Waals surface area contributed by atoms with Crippen LogP contribution >= 0.6 is 11.6 Å². The molecule has 0 saturated carbocycles. The van der Waals surface area contributed by atoms with E-state index in [1.807, 2.05) is 42.5 Å². The number of nitrogens with zero attached hydrogens (tertiary/aromatic N) is 2. The topological polar surface area (TPSA) is 90.3 Å². The van der Waals surface area contributed by atoms with Crippen molar-refractivity contribution >= 4 is 43.7 Å². The minimum Gasteiger partial charge on any atom is -0.495 e. The minimum absolute atomic E-state index is 0.0761. The van der Waals surface area contributed by atoms with Crippen LogP contribution in [0.1, 0.15) is 24.1 Å². The Balaban J connectivity index is 1.37. The number of sulfone groups is 1. The summed E-state index contributed by atoms with van der Waals surface area (Å²) in [6, 6.07) is 18.0. The first-order chi connectivity index (χ1) is 18.3. The normalized spacial score (nSPS) is 14.7. The number of allylic oxidation sites excluding steroid dienone is 1. The van der Waals surface area contributed by atoms with E-state index in [4.69, 9.17) is 16.3 Å².